The Balaban J connectivity index is 0.00000128. The van der Waals surface area contributed by atoms with Crippen LogP contribution in [0.15, 0.2) is 41.3 Å². The maximum absolute atomic E-state index is 11.0. The van der Waals surface area contributed by atoms with E-state index in [0.29, 0.717) is 5.39 Å². The van der Waals surface area contributed by atoms with Gasteiger partial charge < -0.3 is 4.55 Å². The zero-order valence-electron chi connectivity index (χ0n) is 8.48. The summed E-state index contributed by atoms with van der Waals surface area (Å²) in [6.45, 7) is 0. The van der Waals surface area contributed by atoms with Crippen LogP contribution in [0.3, 0.4) is 0 Å². The number of hydrogen-bond donors (Lipinski definition) is 0. The van der Waals surface area contributed by atoms with Crippen LogP contribution < -0.4 is 29.6 Å². The first-order valence-electron chi connectivity index (χ1n) is 4.13. The molecule has 0 atom stereocenters. The molecule has 0 aliphatic carbocycles. The van der Waals surface area contributed by atoms with Gasteiger partial charge in [0.15, 0.2) is 0 Å². The molecule has 0 heterocycles. The molecule has 16 heavy (non-hydrogen) atoms. The molecule has 0 saturated carbocycles. The number of fused-ring (bicyclic) bond motifs is 1. The molecule has 0 fully saturated rings. The van der Waals surface area contributed by atoms with Crippen LogP contribution in [0.5, 0.6) is 0 Å². The summed E-state index contributed by atoms with van der Waals surface area (Å²) < 4.78 is 33.0. The number of hydrogen-bond acceptors (Lipinski definition) is 3. The molecule has 0 unspecified atom stereocenters. The molecular weight excluding hydrogens is 259 g/mol. The van der Waals surface area contributed by atoms with Gasteiger partial charge in [0, 0.05) is 10.4 Å². The number of rotatable bonds is 1. The van der Waals surface area contributed by atoms with Crippen molar-refractivity contribution in [2.45, 2.75) is 4.90 Å². The SMILES string of the molecule is O=S(=O)([O-])c1cccc2cccc(Cl)c12.[Na+]. The average molecular weight is 265 g/mol. The minimum absolute atomic E-state index is 0. The minimum Gasteiger partial charge on any atom is -0.744 e. The van der Waals surface area contributed by atoms with Crippen LogP contribution in [0, 0.1) is 0 Å². The Hall–Kier alpha value is -0.1000. The van der Waals surface area contributed by atoms with Crippen molar-refractivity contribution in [3.63, 3.8) is 0 Å². The van der Waals surface area contributed by atoms with Gasteiger partial charge in [0.25, 0.3) is 0 Å². The van der Waals surface area contributed by atoms with E-state index in [4.69, 9.17) is 11.6 Å². The molecule has 3 nitrogen and oxygen atoms in total. The van der Waals surface area contributed by atoms with Crippen molar-refractivity contribution in [1.29, 1.82) is 0 Å². The summed E-state index contributed by atoms with van der Waals surface area (Å²) in [5.74, 6) is 0. The Morgan fingerprint density at radius 2 is 1.62 bits per heavy atom. The molecule has 2 rings (SSSR count). The quantitative estimate of drug-likeness (QED) is 0.511. The Labute approximate surface area is 120 Å². The van der Waals surface area contributed by atoms with Crippen LogP contribution in [0.2, 0.25) is 5.02 Å². The fourth-order valence-corrected chi connectivity index (χ4v) is 2.53. The average Bonchev–Trinajstić information content (AvgIpc) is 2.16. The van der Waals surface area contributed by atoms with Crippen molar-refractivity contribution in [2.75, 3.05) is 0 Å². The topological polar surface area (TPSA) is 57.2 Å². The second-order valence-corrected chi connectivity index (χ2v) is 4.80. The number of benzene rings is 2. The molecule has 0 N–H and O–H groups in total. The van der Waals surface area contributed by atoms with Crippen molar-refractivity contribution < 1.29 is 42.5 Å². The third-order valence-corrected chi connectivity index (χ3v) is 3.28. The summed E-state index contributed by atoms with van der Waals surface area (Å²) in [5, 5.41) is 1.19. The summed E-state index contributed by atoms with van der Waals surface area (Å²) in [4.78, 5) is -0.273. The largest absolute Gasteiger partial charge is 1.00 e. The summed E-state index contributed by atoms with van der Waals surface area (Å²) in [6.07, 6.45) is 0. The maximum atomic E-state index is 11.0. The number of halogens is 1. The van der Waals surface area contributed by atoms with E-state index in [2.05, 4.69) is 0 Å². The third kappa shape index (κ3) is 2.59. The second-order valence-electron chi connectivity index (χ2n) is 3.05. The predicted molar refractivity (Wildman–Crippen MR) is 56.9 cm³/mol. The molecule has 0 aliphatic rings. The van der Waals surface area contributed by atoms with E-state index in [9.17, 15) is 13.0 Å². The van der Waals surface area contributed by atoms with Crippen molar-refractivity contribution in [1.82, 2.24) is 0 Å². The van der Waals surface area contributed by atoms with Gasteiger partial charge in [0.05, 0.1) is 4.90 Å². The molecule has 6 heteroatoms. The maximum Gasteiger partial charge on any atom is 1.00 e. The Kier molecular flexibility index (Phi) is 4.40. The van der Waals surface area contributed by atoms with Crippen LogP contribution in [-0.2, 0) is 10.1 Å². The van der Waals surface area contributed by atoms with E-state index in [1.807, 2.05) is 0 Å². The van der Waals surface area contributed by atoms with Gasteiger partial charge >= 0.3 is 29.6 Å². The fourth-order valence-electron chi connectivity index (χ4n) is 1.47. The van der Waals surface area contributed by atoms with Crippen molar-refractivity contribution in [3.8, 4) is 0 Å². The minimum atomic E-state index is -4.49. The van der Waals surface area contributed by atoms with Crippen molar-refractivity contribution in [3.05, 3.63) is 41.4 Å². The molecule has 0 saturated heterocycles. The van der Waals surface area contributed by atoms with Crippen molar-refractivity contribution >= 4 is 32.5 Å². The molecule has 0 radical (unpaired) electrons. The molecule has 0 aromatic heterocycles. The van der Waals surface area contributed by atoms with E-state index in [1.165, 1.54) is 12.1 Å². The standard InChI is InChI=1S/C10H7ClO3S.Na/c11-8-5-1-3-7-4-2-6-9(10(7)8)15(12,13)14;/h1-6H,(H,12,13,14);/q;+1/p-1. The molecule has 2 aromatic carbocycles. The van der Waals surface area contributed by atoms with Gasteiger partial charge in [-0.05, 0) is 17.5 Å². The first kappa shape index (κ1) is 14.0. The van der Waals surface area contributed by atoms with E-state index < -0.39 is 10.1 Å². The molecule has 0 spiro atoms. The summed E-state index contributed by atoms with van der Waals surface area (Å²) >= 11 is 5.86. The molecule has 2 aromatic rings. The molecular formula is C10H6ClNaO3S. The van der Waals surface area contributed by atoms with Crippen LogP contribution in [0.25, 0.3) is 10.8 Å². The molecule has 0 bridgehead atoms. The molecule has 78 valence electrons. The first-order valence-corrected chi connectivity index (χ1v) is 5.92. The Morgan fingerprint density at radius 3 is 2.19 bits per heavy atom. The van der Waals surface area contributed by atoms with Crippen LogP contribution in [0.4, 0.5) is 0 Å². The van der Waals surface area contributed by atoms with Gasteiger partial charge in [-0.3, -0.25) is 0 Å². The van der Waals surface area contributed by atoms with Crippen LogP contribution >= 0.6 is 11.6 Å². The summed E-state index contributed by atoms with van der Waals surface area (Å²) in [5.41, 5.74) is 0. The summed E-state index contributed by atoms with van der Waals surface area (Å²) in [6, 6.07) is 9.44. The van der Waals surface area contributed by atoms with Gasteiger partial charge in [-0.1, -0.05) is 35.9 Å². The van der Waals surface area contributed by atoms with Gasteiger partial charge in [0.2, 0.25) is 0 Å². The van der Waals surface area contributed by atoms with E-state index in [1.54, 1.807) is 24.3 Å². The Bertz CT molecular complexity index is 620. The third-order valence-electron chi connectivity index (χ3n) is 2.08. The van der Waals surface area contributed by atoms with Crippen LogP contribution in [0.1, 0.15) is 0 Å². The predicted octanol–water partition coefficient (Wildman–Crippen LogP) is -0.599. The fraction of sp³-hybridized carbons (Fsp3) is 0. The van der Waals surface area contributed by atoms with Gasteiger partial charge in [-0.2, -0.15) is 0 Å². The van der Waals surface area contributed by atoms with E-state index in [-0.39, 0.29) is 44.9 Å². The zero-order chi connectivity index (χ0) is 11.1. The van der Waals surface area contributed by atoms with E-state index in [0.717, 1.165) is 0 Å². The second kappa shape index (κ2) is 5.04. The Morgan fingerprint density at radius 1 is 1.06 bits per heavy atom. The molecule has 0 amide bonds. The van der Waals surface area contributed by atoms with Crippen LogP contribution in [-0.4, -0.2) is 13.0 Å². The first-order chi connectivity index (χ1) is 7.00. The van der Waals surface area contributed by atoms with E-state index >= 15 is 0 Å². The van der Waals surface area contributed by atoms with Gasteiger partial charge in [-0.15, -0.1) is 0 Å². The molecule has 0 aliphatic heterocycles. The normalized spacial score (nSPS) is 11.1. The van der Waals surface area contributed by atoms with Gasteiger partial charge in [0.1, 0.15) is 10.1 Å². The smallest absolute Gasteiger partial charge is 0.744 e. The zero-order valence-corrected chi connectivity index (χ0v) is 12.0. The van der Waals surface area contributed by atoms with Crippen molar-refractivity contribution in [2.24, 2.45) is 0 Å². The monoisotopic (exact) mass is 264 g/mol. The summed E-state index contributed by atoms with van der Waals surface area (Å²) in [7, 11) is -4.49. The van der Waals surface area contributed by atoms with Gasteiger partial charge in [-0.25, -0.2) is 8.42 Å².